The van der Waals surface area contributed by atoms with Crippen molar-refractivity contribution in [2.24, 2.45) is 0 Å². The number of hydrogen-bond acceptors (Lipinski definition) is 7. The lowest BCUT2D eigenvalue weighted by molar-refractivity contribution is -0.117. The minimum absolute atomic E-state index is 0.0418. The number of hydrogen-bond donors (Lipinski definition) is 1. The van der Waals surface area contributed by atoms with E-state index in [1.807, 2.05) is 66.0 Å². The maximum atomic E-state index is 12.7. The number of nitrogens with zero attached hydrogens (tertiary/aromatic N) is 5. The molecule has 0 atom stereocenters. The molecule has 37 heavy (non-hydrogen) atoms. The third-order valence-electron chi connectivity index (χ3n) is 6.57. The zero-order valence-corrected chi connectivity index (χ0v) is 21.1. The van der Waals surface area contributed by atoms with Crippen molar-refractivity contribution in [3.05, 3.63) is 90.3 Å². The number of aromatic nitrogens is 3. The van der Waals surface area contributed by atoms with Crippen molar-refractivity contribution < 1.29 is 4.79 Å². The summed E-state index contributed by atoms with van der Waals surface area (Å²) < 4.78 is 0. The van der Waals surface area contributed by atoms with E-state index in [1.54, 1.807) is 0 Å². The fourth-order valence-electron chi connectivity index (χ4n) is 4.68. The Hall–Kier alpha value is -4.14. The van der Waals surface area contributed by atoms with Gasteiger partial charge in [0.2, 0.25) is 5.91 Å². The SMILES string of the molecule is O=C(CN1CCN(c2nnc(-c3ccccc3)c3ccccc23)CC1)Nc1nc(-c2ccccc2)cs1. The third-order valence-corrected chi connectivity index (χ3v) is 7.33. The molecule has 0 radical (unpaired) electrons. The summed E-state index contributed by atoms with van der Waals surface area (Å²) in [5.74, 6) is 0.857. The highest BCUT2D eigenvalue weighted by molar-refractivity contribution is 7.14. The summed E-state index contributed by atoms with van der Waals surface area (Å²) in [6, 6.07) is 28.5. The van der Waals surface area contributed by atoms with Gasteiger partial charge in [-0.05, 0) is 0 Å². The van der Waals surface area contributed by atoms with Crippen molar-refractivity contribution in [2.45, 2.75) is 0 Å². The Kier molecular flexibility index (Phi) is 6.58. The standard InChI is InChI=1S/C29H26N6OS/c36-26(31-29-30-25(20-37-29)21-9-3-1-4-10-21)19-34-15-17-35(18-16-34)28-24-14-8-7-13-23(24)27(32-33-28)22-11-5-2-6-12-22/h1-14,20H,15-19H2,(H,30,31,36). The lowest BCUT2D eigenvalue weighted by Gasteiger charge is -2.35. The average molecular weight is 507 g/mol. The van der Waals surface area contributed by atoms with Crippen molar-refractivity contribution in [3.8, 4) is 22.5 Å². The largest absolute Gasteiger partial charge is 0.352 e. The van der Waals surface area contributed by atoms with Gasteiger partial charge < -0.3 is 10.2 Å². The van der Waals surface area contributed by atoms with Crippen LogP contribution in [0.5, 0.6) is 0 Å². The Labute approximate surface area is 219 Å². The second-order valence-electron chi connectivity index (χ2n) is 9.00. The zero-order chi connectivity index (χ0) is 25.0. The van der Waals surface area contributed by atoms with Crippen molar-refractivity contribution in [3.63, 3.8) is 0 Å². The normalized spacial score (nSPS) is 14.1. The van der Waals surface area contributed by atoms with Gasteiger partial charge in [-0.1, -0.05) is 84.9 Å². The number of benzene rings is 3. The van der Waals surface area contributed by atoms with Crippen LogP contribution in [0.15, 0.2) is 90.3 Å². The molecule has 1 aliphatic rings. The van der Waals surface area contributed by atoms with E-state index in [0.717, 1.165) is 65.3 Å². The van der Waals surface area contributed by atoms with E-state index in [4.69, 9.17) is 0 Å². The number of anilines is 2. The van der Waals surface area contributed by atoms with Crippen LogP contribution < -0.4 is 10.2 Å². The van der Waals surface area contributed by atoms with Crippen LogP contribution in [-0.4, -0.2) is 58.7 Å². The summed E-state index contributed by atoms with van der Waals surface area (Å²) in [6.07, 6.45) is 0. The average Bonchev–Trinajstić information content (AvgIpc) is 3.42. The lowest BCUT2D eigenvalue weighted by atomic mass is 10.0. The number of carbonyl (C=O) groups is 1. The van der Waals surface area contributed by atoms with Crippen molar-refractivity contribution in [1.82, 2.24) is 20.1 Å². The Morgan fingerprint density at radius 2 is 1.43 bits per heavy atom. The number of amides is 1. The van der Waals surface area contributed by atoms with Crippen molar-refractivity contribution in [2.75, 3.05) is 42.9 Å². The molecule has 0 bridgehead atoms. The van der Waals surface area contributed by atoms with Gasteiger partial charge in [0.1, 0.15) is 5.69 Å². The van der Waals surface area contributed by atoms with Crippen LogP contribution in [0, 0.1) is 0 Å². The van der Waals surface area contributed by atoms with Gasteiger partial charge in [-0.25, -0.2) is 4.98 Å². The number of fused-ring (bicyclic) bond motifs is 1. The molecule has 1 N–H and O–H groups in total. The molecule has 7 nitrogen and oxygen atoms in total. The van der Waals surface area contributed by atoms with Gasteiger partial charge in [0, 0.05) is 53.5 Å². The van der Waals surface area contributed by atoms with Gasteiger partial charge in [-0.3, -0.25) is 9.69 Å². The quantitative estimate of drug-likeness (QED) is 0.342. The van der Waals surface area contributed by atoms with Gasteiger partial charge in [0.25, 0.3) is 0 Å². The fraction of sp³-hybridized carbons (Fsp3) is 0.172. The molecule has 1 amide bonds. The van der Waals surface area contributed by atoms with E-state index in [0.29, 0.717) is 11.7 Å². The monoisotopic (exact) mass is 506 g/mol. The summed E-state index contributed by atoms with van der Waals surface area (Å²) in [5, 5.41) is 17.0. The van der Waals surface area contributed by atoms with E-state index >= 15 is 0 Å². The first-order valence-corrected chi connectivity index (χ1v) is 13.2. The molecule has 184 valence electrons. The molecular weight excluding hydrogens is 480 g/mol. The van der Waals surface area contributed by atoms with E-state index in [2.05, 4.69) is 54.6 Å². The number of thiazole rings is 1. The molecule has 0 unspecified atom stereocenters. The second kappa shape index (κ2) is 10.5. The minimum Gasteiger partial charge on any atom is -0.352 e. The lowest BCUT2D eigenvalue weighted by Crippen LogP contribution is -2.49. The smallest absolute Gasteiger partial charge is 0.240 e. The van der Waals surface area contributed by atoms with Crippen LogP contribution in [0.4, 0.5) is 10.9 Å². The molecule has 1 aliphatic heterocycles. The summed E-state index contributed by atoms with van der Waals surface area (Å²) >= 11 is 1.45. The van der Waals surface area contributed by atoms with Crippen LogP contribution in [0.1, 0.15) is 0 Å². The molecule has 6 rings (SSSR count). The highest BCUT2D eigenvalue weighted by atomic mass is 32.1. The molecule has 8 heteroatoms. The highest BCUT2D eigenvalue weighted by Crippen LogP contribution is 2.31. The first-order valence-electron chi connectivity index (χ1n) is 12.3. The van der Waals surface area contributed by atoms with E-state index in [1.165, 1.54) is 11.3 Å². The molecule has 1 fully saturated rings. The summed E-state index contributed by atoms with van der Waals surface area (Å²) in [7, 11) is 0. The molecular formula is C29H26N6OS. The van der Waals surface area contributed by atoms with E-state index in [9.17, 15) is 4.79 Å². The molecule has 2 aromatic heterocycles. The maximum Gasteiger partial charge on any atom is 0.240 e. The summed E-state index contributed by atoms with van der Waals surface area (Å²) in [5.41, 5.74) is 3.88. The third kappa shape index (κ3) is 5.07. The summed E-state index contributed by atoms with van der Waals surface area (Å²) in [4.78, 5) is 21.7. The zero-order valence-electron chi connectivity index (χ0n) is 20.2. The van der Waals surface area contributed by atoms with Crippen LogP contribution in [0.3, 0.4) is 0 Å². The Morgan fingerprint density at radius 1 is 0.784 bits per heavy atom. The van der Waals surface area contributed by atoms with Crippen LogP contribution >= 0.6 is 11.3 Å². The number of nitrogens with one attached hydrogen (secondary N) is 1. The number of rotatable bonds is 6. The van der Waals surface area contributed by atoms with Gasteiger partial charge in [0.15, 0.2) is 10.9 Å². The van der Waals surface area contributed by atoms with Crippen LogP contribution in [0.2, 0.25) is 0 Å². The minimum atomic E-state index is -0.0418. The predicted octanol–water partition coefficient (Wildman–Crippen LogP) is 5.18. The van der Waals surface area contributed by atoms with Gasteiger partial charge in [0.05, 0.1) is 12.2 Å². The van der Waals surface area contributed by atoms with Gasteiger partial charge in [-0.15, -0.1) is 21.5 Å². The van der Waals surface area contributed by atoms with Gasteiger partial charge >= 0.3 is 0 Å². The van der Waals surface area contributed by atoms with Crippen LogP contribution in [0.25, 0.3) is 33.3 Å². The fourth-order valence-corrected chi connectivity index (χ4v) is 5.42. The predicted molar refractivity (Wildman–Crippen MR) is 150 cm³/mol. The molecule has 0 saturated carbocycles. The Bertz CT molecular complexity index is 1510. The van der Waals surface area contributed by atoms with E-state index in [-0.39, 0.29) is 5.91 Å². The second-order valence-corrected chi connectivity index (χ2v) is 9.86. The van der Waals surface area contributed by atoms with Gasteiger partial charge in [-0.2, -0.15) is 0 Å². The molecule has 0 aliphatic carbocycles. The molecule has 3 heterocycles. The van der Waals surface area contributed by atoms with E-state index < -0.39 is 0 Å². The maximum absolute atomic E-state index is 12.7. The highest BCUT2D eigenvalue weighted by Gasteiger charge is 2.23. The first-order chi connectivity index (χ1) is 18.2. The Morgan fingerprint density at radius 3 is 2.16 bits per heavy atom. The van der Waals surface area contributed by atoms with Crippen molar-refractivity contribution >= 4 is 39.0 Å². The molecule has 3 aromatic carbocycles. The molecule has 5 aromatic rings. The molecule has 0 spiro atoms. The number of carbonyl (C=O) groups excluding carboxylic acids is 1. The summed E-state index contributed by atoms with van der Waals surface area (Å²) in [6.45, 7) is 3.46. The van der Waals surface area contributed by atoms with Crippen LogP contribution in [-0.2, 0) is 4.79 Å². The number of piperazine rings is 1. The first kappa shape index (κ1) is 23.3. The van der Waals surface area contributed by atoms with Crippen molar-refractivity contribution in [1.29, 1.82) is 0 Å². The molecule has 1 saturated heterocycles. The topological polar surface area (TPSA) is 74.2 Å². The Balaban J connectivity index is 1.10.